The number of carbonyl (C=O) groups is 3. The first kappa shape index (κ1) is 30.7. The average molecular weight is 612 g/mol. The Balaban J connectivity index is 1.47. The van der Waals surface area contributed by atoms with Gasteiger partial charge in [0.1, 0.15) is 5.54 Å². The molecule has 3 aliphatic rings. The van der Waals surface area contributed by atoms with E-state index in [2.05, 4.69) is 0 Å². The number of nitrogens with zero attached hydrogens (tertiary/aromatic N) is 3. The van der Waals surface area contributed by atoms with Crippen molar-refractivity contribution in [2.45, 2.75) is 69.4 Å². The van der Waals surface area contributed by atoms with E-state index in [4.69, 9.17) is 5.11 Å². The van der Waals surface area contributed by atoms with Gasteiger partial charge in [0.05, 0.1) is 17.5 Å². The number of imide groups is 1. The van der Waals surface area contributed by atoms with Crippen LogP contribution in [0.5, 0.6) is 0 Å². The first-order valence-corrected chi connectivity index (χ1v) is 14.2. The highest BCUT2D eigenvalue weighted by Crippen LogP contribution is 2.43. The summed E-state index contributed by atoms with van der Waals surface area (Å²) in [6, 6.07) is 7.49. The van der Waals surface area contributed by atoms with Gasteiger partial charge in [-0.25, -0.2) is 4.79 Å². The molecule has 2 saturated heterocycles. The Morgan fingerprint density at radius 3 is 2.21 bits per heavy atom. The largest absolute Gasteiger partial charge is 0.481 e. The van der Waals surface area contributed by atoms with Crippen molar-refractivity contribution in [3.05, 3.63) is 64.7 Å². The number of urea groups is 1. The van der Waals surface area contributed by atoms with E-state index in [1.807, 2.05) is 4.90 Å². The number of halogens is 6. The minimum Gasteiger partial charge on any atom is -0.481 e. The summed E-state index contributed by atoms with van der Waals surface area (Å²) in [5.74, 6) is -1.41. The molecular weight excluding hydrogens is 580 g/mol. The van der Waals surface area contributed by atoms with E-state index >= 15 is 0 Å². The number of benzene rings is 2. The zero-order chi connectivity index (χ0) is 31.2. The second-order valence-corrected chi connectivity index (χ2v) is 11.6. The van der Waals surface area contributed by atoms with Gasteiger partial charge < -0.3 is 14.9 Å². The maximum absolute atomic E-state index is 14.0. The lowest BCUT2D eigenvalue weighted by atomic mass is 9.85. The number of carbonyl (C=O) groups excluding carboxylic acids is 2. The number of aliphatic carboxylic acids is 1. The molecule has 2 heterocycles. The summed E-state index contributed by atoms with van der Waals surface area (Å²) in [5.41, 5.74) is -3.66. The number of alkyl halides is 6. The van der Waals surface area contributed by atoms with Gasteiger partial charge in [-0.3, -0.25) is 14.5 Å². The van der Waals surface area contributed by atoms with E-state index in [1.165, 1.54) is 0 Å². The summed E-state index contributed by atoms with van der Waals surface area (Å²) in [4.78, 5) is 43.1. The molecule has 0 atom stereocenters. The highest BCUT2D eigenvalue weighted by atomic mass is 19.4. The van der Waals surface area contributed by atoms with Gasteiger partial charge in [-0.15, -0.1) is 0 Å². The molecular formula is C30H31F6N3O4. The third-order valence-electron chi connectivity index (χ3n) is 8.83. The van der Waals surface area contributed by atoms with Crippen molar-refractivity contribution < 1.29 is 45.8 Å². The molecule has 3 fully saturated rings. The zero-order valence-electron chi connectivity index (χ0n) is 23.2. The smallest absolute Gasteiger partial charge is 0.416 e. The molecule has 1 saturated carbocycles. The van der Waals surface area contributed by atoms with Gasteiger partial charge in [-0.1, -0.05) is 31.0 Å². The molecule has 1 spiro atoms. The standard InChI is InChI=1S/C30H31F6N3O4/c31-29(32,33)22-9-8-21(24(16-22)30(34,35)36)18-39-27(43)38(17-19-4-1-2-5-19)26(42)28(39)10-12-37(13-11-28)23-7-3-6-20(14-23)15-25(40)41/h3,6-9,14,16,19H,1-2,4-5,10-13,15,17-18H2,(H,40,41). The van der Waals surface area contributed by atoms with Crippen molar-refractivity contribution in [3.8, 4) is 0 Å². The maximum atomic E-state index is 14.0. The SMILES string of the molecule is O=C(O)Cc1cccc(N2CCC3(CC2)C(=O)N(CC2CCCC2)C(=O)N3Cc2ccc(C(F)(F)F)cc2C(F)(F)F)c1. The summed E-state index contributed by atoms with van der Waals surface area (Å²) in [6.07, 6.45) is -6.58. The van der Waals surface area contributed by atoms with E-state index in [0.717, 1.165) is 41.5 Å². The first-order chi connectivity index (χ1) is 20.2. The molecule has 232 valence electrons. The molecule has 2 aromatic carbocycles. The molecule has 2 aromatic rings. The topological polar surface area (TPSA) is 81.2 Å². The van der Waals surface area contributed by atoms with E-state index in [9.17, 15) is 40.7 Å². The zero-order valence-corrected chi connectivity index (χ0v) is 23.2. The van der Waals surface area contributed by atoms with E-state index < -0.39 is 59.0 Å². The Kier molecular flexibility index (Phi) is 8.12. The minimum absolute atomic E-state index is 0.0490. The summed E-state index contributed by atoms with van der Waals surface area (Å²) >= 11 is 0. The second kappa shape index (κ2) is 11.4. The van der Waals surface area contributed by atoms with Gasteiger partial charge in [0.15, 0.2) is 0 Å². The molecule has 3 amide bonds. The van der Waals surface area contributed by atoms with Gasteiger partial charge in [-0.2, -0.15) is 26.3 Å². The van der Waals surface area contributed by atoms with E-state index in [1.54, 1.807) is 24.3 Å². The number of anilines is 1. The van der Waals surface area contributed by atoms with Crippen molar-refractivity contribution in [1.29, 1.82) is 0 Å². The molecule has 0 radical (unpaired) electrons. The lowest BCUT2D eigenvalue weighted by Crippen LogP contribution is -2.56. The summed E-state index contributed by atoms with van der Waals surface area (Å²) in [7, 11) is 0. The molecule has 1 N–H and O–H groups in total. The fourth-order valence-electron chi connectivity index (χ4n) is 6.59. The Hall–Kier alpha value is -3.77. The van der Waals surface area contributed by atoms with Gasteiger partial charge in [0.25, 0.3) is 5.91 Å². The normalized spacial score (nSPS) is 19.6. The van der Waals surface area contributed by atoms with Crippen LogP contribution in [0.25, 0.3) is 0 Å². The van der Waals surface area contributed by atoms with Gasteiger partial charge in [0, 0.05) is 31.9 Å². The highest BCUT2D eigenvalue weighted by molar-refractivity contribution is 6.07. The highest BCUT2D eigenvalue weighted by Gasteiger charge is 2.58. The second-order valence-electron chi connectivity index (χ2n) is 11.6. The molecule has 0 bridgehead atoms. The minimum atomic E-state index is -5.12. The van der Waals surface area contributed by atoms with Crippen molar-refractivity contribution >= 4 is 23.6 Å². The maximum Gasteiger partial charge on any atom is 0.416 e. The van der Waals surface area contributed by atoms with Crippen molar-refractivity contribution in [3.63, 3.8) is 0 Å². The quantitative estimate of drug-likeness (QED) is 0.292. The Bertz CT molecular complexity index is 1390. The van der Waals surface area contributed by atoms with Crippen LogP contribution < -0.4 is 4.90 Å². The number of carboxylic acid groups (broad SMARTS) is 1. The number of hydrogen-bond donors (Lipinski definition) is 1. The van der Waals surface area contributed by atoms with Crippen LogP contribution in [-0.4, -0.2) is 58.0 Å². The van der Waals surface area contributed by atoms with Crippen LogP contribution in [-0.2, 0) is 34.9 Å². The van der Waals surface area contributed by atoms with Crippen LogP contribution in [0.15, 0.2) is 42.5 Å². The third-order valence-corrected chi connectivity index (χ3v) is 8.83. The molecule has 7 nitrogen and oxygen atoms in total. The molecule has 2 aliphatic heterocycles. The number of hydrogen-bond acceptors (Lipinski definition) is 4. The van der Waals surface area contributed by atoms with Crippen LogP contribution in [0.1, 0.15) is 60.8 Å². The Morgan fingerprint density at radius 1 is 0.930 bits per heavy atom. The van der Waals surface area contributed by atoms with Crippen molar-refractivity contribution in [2.75, 3.05) is 24.5 Å². The third kappa shape index (κ3) is 6.16. The molecule has 0 unspecified atom stereocenters. The van der Waals surface area contributed by atoms with Crippen molar-refractivity contribution in [1.82, 2.24) is 9.80 Å². The molecule has 1 aliphatic carbocycles. The first-order valence-electron chi connectivity index (χ1n) is 14.2. The molecule has 5 rings (SSSR count). The average Bonchev–Trinajstić information content (AvgIpc) is 3.51. The Morgan fingerprint density at radius 2 is 1.60 bits per heavy atom. The van der Waals surface area contributed by atoms with E-state index in [0.29, 0.717) is 17.3 Å². The fourth-order valence-corrected chi connectivity index (χ4v) is 6.59. The van der Waals surface area contributed by atoms with Crippen LogP contribution in [0.2, 0.25) is 0 Å². The van der Waals surface area contributed by atoms with Crippen LogP contribution in [0.3, 0.4) is 0 Å². The van der Waals surface area contributed by atoms with Gasteiger partial charge in [0.2, 0.25) is 0 Å². The predicted molar refractivity (Wildman–Crippen MR) is 143 cm³/mol. The fraction of sp³-hybridized carbons (Fsp3) is 0.500. The summed E-state index contributed by atoms with van der Waals surface area (Å²) < 4.78 is 81.9. The predicted octanol–water partition coefficient (Wildman–Crippen LogP) is 6.34. The monoisotopic (exact) mass is 611 g/mol. The van der Waals surface area contributed by atoms with Gasteiger partial charge in [-0.05, 0) is 67.0 Å². The van der Waals surface area contributed by atoms with Crippen LogP contribution >= 0.6 is 0 Å². The van der Waals surface area contributed by atoms with E-state index in [-0.39, 0.29) is 50.9 Å². The number of amides is 3. The molecule has 43 heavy (non-hydrogen) atoms. The number of carboxylic acids is 1. The molecule has 13 heteroatoms. The van der Waals surface area contributed by atoms with Crippen LogP contribution in [0, 0.1) is 5.92 Å². The van der Waals surface area contributed by atoms with Gasteiger partial charge >= 0.3 is 24.4 Å². The number of piperidine rings is 1. The summed E-state index contributed by atoms with van der Waals surface area (Å²) in [6.45, 7) is -0.0201. The lowest BCUT2D eigenvalue weighted by molar-refractivity contribution is -0.143. The lowest BCUT2D eigenvalue weighted by Gasteiger charge is -2.43. The Labute approximate surface area is 244 Å². The summed E-state index contributed by atoms with van der Waals surface area (Å²) in [5, 5.41) is 9.14. The van der Waals surface area contributed by atoms with Crippen molar-refractivity contribution in [2.24, 2.45) is 5.92 Å². The van der Waals surface area contributed by atoms with Crippen LogP contribution in [0.4, 0.5) is 36.8 Å². The molecule has 0 aromatic heterocycles. The number of rotatable bonds is 7.